The minimum Gasteiger partial charge on any atom is -0.464 e. The van der Waals surface area contributed by atoms with Crippen LogP contribution < -0.4 is 10.2 Å². The number of benzene rings is 1. The fourth-order valence-corrected chi connectivity index (χ4v) is 1.88. The lowest BCUT2D eigenvalue weighted by Crippen LogP contribution is -2.41. The van der Waals surface area contributed by atoms with Crippen LogP contribution >= 0.6 is 0 Å². The fourth-order valence-electron chi connectivity index (χ4n) is 1.88. The summed E-state index contributed by atoms with van der Waals surface area (Å²) < 4.78 is 35.5. The number of ether oxygens (including phenoxy) is 2. The molecule has 1 aromatic carbocycles. The van der Waals surface area contributed by atoms with Gasteiger partial charge in [-0.25, -0.2) is 4.39 Å². The molecule has 1 heterocycles. The van der Waals surface area contributed by atoms with Crippen LogP contribution in [0.5, 0.6) is 5.75 Å². The molecule has 0 saturated carbocycles. The zero-order chi connectivity index (χ0) is 15.0. The molecular weight excluding hydrogens is 262 g/mol. The van der Waals surface area contributed by atoms with E-state index in [1.807, 2.05) is 27.7 Å². The second-order valence-corrected chi connectivity index (χ2v) is 5.83. The van der Waals surface area contributed by atoms with Gasteiger partial charge < -0.3 is 18.8 Å². The van der Waals surface area contributed by atoms with Crippen molar-refractivity contribution in [2.45, 2.75) is 38.9 Å². The van der Waals surface area contributed by atoms with Crippen LogP contribution in [0.4, 0.5) is 4.39 Å². The summed E-state index contributed by atoms with van der Waals surface area (Å²) in [6.07, 6.45) is 0. The van der Waals surface area contributed by atoms with Crippen molar-refractivity contribution in [1.82, 2.24) is 0 Å². The molecule has 1 aliphatic rings. The Morgan fingerprint density at radius 2 is 1.75 bits per heavy atom. The maximum atomic E-state index is 13.9. The Balaban J connectivity index is 2.17. The van der Waals surface area contributed by atoms with E-state index in [9.17, 15) is 4.39 Å². The van der Waals surface area contributed by atoms with E-state index in [0.29, 0.717) is 5.46 Å². The topological polar surface area (TPSA) is 36.9 Å². The molecule has 0 aromatic heterocycles. The Kier molecular flexibility index (Phi) is 4.09. The van der Waals surface area contributed by atoms with Crippen molar-refractivity contribution in [1.29, 1.82) is 0 Å². The molecule has 0 bridgehead atoms. The summed E-state index contributed by atoms with van der Waals surface area (Å²) in [5.41, 5.74) is -0.260. The smallest absolute Gasteiger partial charge is 0.464 e. The molecule has 1 aromatic rings. The molecule has 1 aliphatic heterocycles. The van der Waals surface area contributed by atoms with E-state index in [1.54, 1.807) is 12.1 Å². The van der Waals surface area contributed by atoms with Gasteiger partial charge in [0.05, 0.1) is 11.2 Å². The van der Waals surface area contributed by atoms with Gasteiger partial charge in [0, 0.05) is 7.11 Å². The Morgan fingerprint density at radius 3 is 2.25 bits per heavy atom. The van der Waals surface area contributed by atoms with Crippen molar-refractivity contribution in [3.05, 3.63) is 24.0 Å². The summed E-state index contributed by atoms with van der Waals surface area (Å²) in [6.45, 7) is 7.84. The Morgan fingerprint density at radius 1 is 1.15 bits per heavy atom. The summed E-state index contributed by atoms with van der Waals surface area (Å²) in [5, 5.41) is 0. The van der Waals surface area contributed by atoms with Gasteiger partial charge in [-0.2, -0.15) is 0 Å². The Hall–Kier alpha value is -1.11. The second kappa shape index (κ2) is 5.35. The molecule has 4 nitrogen and oxygen atoms in total. The molecule has 2 rings (SSSR count). The minimum atomic E-state index is -0.578. The van der Waals surface area contributed by atoms with E-state index >= 15 is 0 Å². The number of rotatable bonds is 4. The number of halogens is 1. The van der Waals surface area contributed by atoms with Crippen molar-refractivity contribution in [2.24, 2.45) is 0 Å². The predicted octanol–water partition coefficient (Wildman–Crippen LogP) is 2.11. The maximum absolute atomic E-state index is 13.9. The summed E-state index contributed by atoms with van der Waals surface area (Å²) in [4.78, 5) is 0. The highest BCUT2D eigenvalue weighted by molar-refractivity contribution is 6.62. The van der Waals surface area contributed by atoms with Crippen LogP contribution in [0.25, 0.3) is 0 Å². The van der Waals surface area contributed by atoms with Crippen LogP contribution in [0.1, 0.15) is 27.7 Å². The van der Waals surface area contributed by atoms with Crippen molar-refractivity contribution in [3.63, 3.8) is 0 Å². The lowest BCUT2D eigenvalue weighted by Gasteiger charge is -2.32. The van der Waals surface area contributed by atoms with Gasteiger partial charge in [-0.05, 0) is 45.3 Å². The van der Waals surface area contributed by atoms with Crippen LogP contribution in [0.15, 0.2) is 18.2 Å². The predicted molar refractivity (Wildman–Crippen MR) is 74.6 cm³/mol. The van der Waals surface area contributed by atoms with Gasteiger partial charge in [0.15, 0.2) is 18.4 Å². The highest BCUT2D eigenvalue weighted by atomic mass is 19.1. The summed E-state index contributed by atoms with van der Waals surface area (Å²) in [5.74, 6) is -0.318. The van der Waals surface area contributed by atoms with Gasteiger partial charge in [0.2, 0.25) is 0 Å². The van der Waals surface area contributed by atoms with Crippen LogP contribution in [0.2, 0.25) is 0 Å². The highest BCUT2D eigenvalue weighted by Crippen LogP contribution is 2.36. The molecular formula is C14H20BFO4. The van der Waals surface area contributed by atoms with Crippen LogP contribution in [0.3, 0.4) is 0 Å². The first-order valence-electron chi connectivity index (χ1n) is 6.54. The van der Waals surface area contributed by atoms with Crippen LogP contribution in [-0.2, 0) is 14.0 Å². The fraction of sp³-hybridized carbons (Fsp3) is 0.571. The summed E-state index contributed by atoms with van der Waals surface area (Å²) in [7, 11) is 0.905. The van der Waals surface area contributed by atoms with E-state index in [0.717, 1.165) is 0 Å². The first-order valence-corrected chi connectivity index (χ1v) is 6.54. The molecule has 20 heavy (non-hydrogen) atoms. The Bertz CT molecular complexity index is 474. The van der Waals surface area contributed by atoms with E-state index in [-0.39, 0.29) is 12.5 Å². The first-order chi connectivity index (χ1) is 9.27. The van der Waals surface area contributed by atoms with Crippen molar-refractivity contribution in [3.8, 4) is 5.75 Å². The molecule has 0 unspecified atom stereocenters. The largest absolute Gasteiger partial charge is 0.494 e. The van der Waals surface area contributed by atoms with Gasteiger partial charge in [-0.3, -0.25) is 0 Å². The third kappa shape index (κ3) is 2.82. The zero-order valence-corrected chi connectivity index (χ0v) is 12.5. The monoisotopic (exact) mass is 282 g/mol. The van der Waals surface area contributed by atoms with E-state index in [1.165, 1.54) is 13.2 Å². The van der Waals surface area contributed by atoms with Gasteiger partial charge >= 0.3 is 7.12 Å². The molecule has 0 radical (unpaired) electrons. The zero-order valence-electron chi connectivity index (χ0n) is 12.5. The molecule has 0 aliphatic carbocycles. The van der Waals surface area contributed by atoms with E-state index < -0.39 is 24.1 Å². The highest BCUT2D eigenvalue weighted by Gasteiger charge is 2.51. The van der Waals surface area contributed by atoms with Crippen LogP contribution in [-0.4, -0.2) is 32.2 Å². The average Bonchev–Trinajstić information content (AvgIpc) is 2.57. The summed E-state index contributed by atoms with van der Waals surface area (Å²) in [6, 6.07) is 4.65. The average molecular weight is 282 g/mol. The van der Waals surface area contributed by atoms with Gasteiger partial charge in [0.25, 0.3) is 0 Å². The van der Waals surface area contributed by atoms with Crippen LogP contribution in [0, 0.1) is 5.82 Å². The van der Waals surface area contributed by atoms with E-state index in [2.05, 4.69) is 0 Å². The third-order valence-corrected chi connectivity index (χ3v) is 3.81. The van der Waals surface area contributed by atoms with Gasteiger partial charge in [-0.1, -0.05) is 6.07 Å². The molecule has 0 spiro atoms. The van der Waals surface area contributed by atoms with Gasteiger partial charge in [-0.15, -0.1) is 0 Å². The normalized spacial score (nSPS) is 20.2. The molecule has 0 amide bonds. The standard InChI is InChI=1S/C14H20BFO4/c1-13(2)14(3,4)20-15(19-13)10-6-7-12(11(16)8-10)18-9-17-5/h6-8H,9H2,1-5H3. The number of hydrogen-bond acceptors (Lipinski definition) is 4. The Labute approximate surface area is 119 Å². The van der Waals surface area contributed by atoms with Crippen molar-refractivity contribution < 1.29 is 23.2 Å². The number of hydrogen-bond donors (Lipinski definition) is 0. The lowest BCUT2D eigenvalue weighted by atomic mass is 9.79. The molecule has 110 valence electrons. The quantitative estimate of drug-likeness (QED) is 0.626. The summed E-state index contributed by atoms with van der Waals surface area (Å²) >= 11 is 0. The number of methoxy groups -OCH3 is 1. The third-order valence-electron chi connectivity index (χ3n) is 3.81. The van der Waals surface area contributed by atoms with E-state index in [4.69, 9.17) is 18.8 Å². The van der Waals surface area contributed by atoms with Gasteiger partial charge in [0.1, 0.15) is 0 Å². The molecule has 1 fully saturated rings. The lowest BCUT2D eigenvalue weighted by molar-refractivity contribution is 0.00578. The molecule has 6 heteroatoms. The SMILES string of the molecule is COCOc1ccc(B2OC(C)(C)C(C)(C)O2)cc1F. The first kappa shape index (κ1) is 15.3. The van der Waals surface area contributed by atoms with Crippen molar-refractivity contribution >= 4 is 12.6 Å². The van der Waals surface area contributed by atoms with Crippen molar-refractivity contribution in [2.75, 3.05) is 13.9 Å². The molecule has 0 N–H and O–H groups in total. The second-order valence-electron chi connectivity index (χ2n) is 5.83. The molecule has 1 saturated heterocycles. The maximum Gasteiger partial charge on any atom is 0.494 e. The minimum absolute atomic E-state index is 0.00670. The molecule has 0 atom stereocenters.